The van der Waals surface area contributed by atoms with Gasteiger partial charge in [0.2, 0.25) is 0 Å². The van der Waals surface area contributed by atoms with Gasteiger partial charge in [0.25, 0.3) is 0 Å². The van der Waals surface area contributed by atoms with Gasteiger partial charge in [-0.2, -0.15) is 0 Å². The molecule has 1 heterocycles. The molecule has 112 valence electrons. The smallest absolute Gasteiger partial charge is 0.191 e. The molecule has 0 saturated heterocycles. The average molecular weight is 294 g/mol. The van der Waals surface area contributed by atoms with E-state index in [1.165, 1.54) is 25.7 Å². The fourth-order valence-electron chi connectivity index (χ4n) is 2.72. The average Bonchev–Trinajstić information content (AvgIpc) is 2.97. The Labute approximate surface area is 126 Å². The summed E-state index contributed by atoms with van der Waals surface area (Å²) in [6.45, 7) is 4.23. The van der Waals surface area contributed by atoms with Gasteiger partial charge >= 0.3 is 0 Å². The maximum Gasteiger partial charge on any atom is 0.191 e. The van der Waals surface area contributed by atoms with Crippen molar-refractivity contribution < 1.29 is 0 Å². The van der Waals surface area contributed by atoms with Gasteiger partial charge in [0.15, 0.2) is 5.16 Å². The van der Waals surface area contributed by atoms with Gasteiger partial charge in [-0.25, -0.2) is 9.97 Å². The van der Waals surface area contributed by atoms with Crippen molar-refractivity contribution in [3.05, 3.63) is 6.07 Å². The fourth-order valence-corrected chi connectivity index (χ4v) is 3.09. The van der Waals surface area contributed by atoms with Gasteiger partial charge in [-0.05, 0) is 31.4 Å². The Hall–Kier alpha value is -0.970. The first-order valence-corrected chi connectivity index (χ1v) is 8.83. The molecular weight excluding hydrogens is 268 g/mol. The summed E-state index contributed by atoms with van der Waals surface area (Å²) in [4.78, 5) is 11.4. The summed E-state index contributed by atoms with van der Waals surface area (Å²) in [5, 5.41) is 4.21. The monoisotopic (exact) mass is 294 g/mol. The maximum absolute atomic E-state index is 4.64. The molecule has 0 amide bonds. The predicted molar refractivity (Wildman–Crippen MR) is 87.8 cm³/mol. The molecule has 1 saturated carbocycles. The Kier molecular flexibility index (Phi) is 5.95. The second kappa shape index (κ2) is 7.72. The Morgan fingerprint density at radius 1 is 1.35 bits per heavy atom. The third kappa shape index (κ3) is 4.27. The van der Waals surface area contributed by atoms with E-state index in [0.717, 1.165) is 42.2 Å². The van der Waals surface area contributed by atoms with Gasteiger partial charge in [-0.15, -0.1) is 0 Å². The molecule has 0 bridgehead atoms. The van der Waals surface area contributed by atoms with Crippen LogP contribution in [0.5, 0.6) is 0 Å². The second-order valence-corrected chi connectivity index (χ2v) is 6.33. The van der Waals surface area contributed by atoms with Crippen LogP contribution in [-0.4, -0.2) is 36.4 Å². The number of hydrogen-bond acceptors (Lipinski definition) is 5. The van der Waals surface area contributed by atoms with Crippen molar-refractivity contribution in [1.82, 2.24) is 9.97 Å². The molecule has 5 heteroatoms. The number of anilines is 2. The largest absolute Gasteiger partial charge is 0.370 e. The quantitative estimate of drug-likeness (QED) is 0.614. The van der Waals surface area contributed by atoms with E-state index in [4.69, 9.17) is 0 Å². The minimum Gasteiger partial charge on any atom is -0.370 e. The van der Waals surface area contributed by atoms with E-state index in [1.54, 1.807) is 11.8 Å². The molecule has 0 aromatic carbocycles. The van der Waals surface area contributed by atoms with Crippen LogP contribution < -0.4 is 10.2 Å². The van der Waals surface area contributed by atoms with Crippen molar-refractivity contribution in [2.45, 2.75) is 44.2 Å². The van der Waals surface area contributed by atoms with E-state index in [0.29, 0.717) is 0 Å². The highest BCUT2D eigenvalue weighted by atomic mass is 32.2. The highest BCUT2D eigenvalue weighted by molar-refractivity contribution is 7.98. The van der Waals surface area contributed by atoms with Crippen molar-refractivity contribution in [3.63, 3.8) is 0 Å². The van der Waals surface area contributed by atoms with Crippen molar-refractivity contribution in [2.75, 3.05) is 36.6 Å². The topological polar surface area (TPSA) is 41.0 Å². The minimum absolute atomic E-state index is 0.833. The van der Waals surface area contributed by atoms with Crippen molar-refractivity contribution >= 4 is 23.4 Å². The molecule has 1 fully saturated rings. The van der Waals surface area contributed by atoms with Gasteiger partial charge in [0, 0.05) is 26.2 Å². The normalized spacial score (nSPS) is 15.6. The third-order valence-electron chi connectivity index (χ3n) is 3.83. The first kappa shape index (κ1) is 15.4. The third-order valence-corrected chi connectivity index (χ3v) is 4.38. The molecule has 2 rings (SSSR count). The zero-order valence-electron chi connectivity index (χ0n) is 12.9. The van der Waals surface area contributed by atoms with Gasteiger partial charge in [0.1, 0.15) is 11.6 Å². The molecule has 1 N–H and O–H groups in total. The molecule has 0 aliphatic heterocycles. The van der Waals surface area contributed by atoms with Gasteiger partial charge in [-0.1, -0.05) is 31.5 Å². The highest BCUT2D eigenvalue weighted by Gasteiger charge is 2.18. The Balaban J connectivity index is 2.07. The zero-order chi connectivity index (χ0) is 14.4. The summed E-state index contributed by atoms with van der Waals surface area (Å²) < 4.78 is 0. The summed E-state index contributed by atoms with van der Waals surface area (Å²) >= 11 is 1.60. The summed E-state index contributed by atoms with van der Waals surface area (Å²) in [6, 6.07) is 2.07. The molecule has 0 unspecified atom stereocenters. The predicted octanol–water partition coefficient (Wildman–Crippen LogP) is 3.65. The van der Waals surface area contributed by atoms with Crippen LogP contribution in [0.4, 0.5) is 11.6 Å². The molecular formula is C15H26N4S. The number of rotatable bonds is 7. The van der Waals surface area contributed by atoms with Crippen LogP contribution in [-0.2, 0) is 0 Å². The van der Waals surface area contributed by atoms with E-state index in [-0.39, 0.29) is 0 Å². The number of thioether (sulfide) groups is 1. The van der Waals surface area contributed by atoms with E-state index in [9.17, 15) is 0 Å². The second-order valence-electron chi connectivity index (χ2n) is 5.56. The SMILES string of the molecule is CCCNc1cc(N(C)CC2CCCC2)nc(SC)n1. The Morgan fingerprint density at radius 3 is 2.75 bits per heavy atom. The fraction of sp³-hybridized carbons (Fsp3) is 0.733. The van der Waals surface area contributed by atoms with Crippen LogP contribution >= 0.6 is 11.8 Å². The molecule has 0 atom stereocenters. The van der Waals surface area contributed by atoms with Gasteiger partial charge in [0.05, 0.1) is 0 Å². The lowest BCUT2D eigenvalue weighted by Crippen LogP contribution is -2.25. The van der Waals surface area contributed by atoms with Crippen LogP contribution in [0.3, 0.4) is 0 Å². The molecule has 1 aromatic heterocycles. The van der Waals surface area contributed by atoms with E-state index >= 15 is 0 Å². The lowest BCUT2D eigenvalue weighted by atomic mass is 10.1. The minimum atomic E-state index is 0.833. The van der Waals surface area contributed by atoms with Crippen LogP contribution in [0.2, 0.25) is 0 Å². The van der Waals surface area contributed by atoms with Crippen molar-refractivity contribution in [2.24, 2.45) is 5.92 Å². The molecule has 0 spiro atoms. The van der Waals surface area contributed by atoms with Crippen LogP contribution in [0.1, 0.15) is 39.0 Å². The summed E-state index contributed by atoms with van der Waals surface area (Å²) in [6.07, 6.45) is 8.65. The van der Waals surface area contributed by atoms with Crippen molar-refractivity contribution in [1.29, 1.82) is 0 Å². The number of aromatic nitrogens is 2. The summed E-state index contributed by atoms with van der Waals surface area (Å²) in [7, 11) is 2.15. The number of nitrogens with one attached hydrogen (secondary N) is 1. The standard InChI is InChI=1S/C15H26N4S/c1-4-9-16-13-10-14(18-15(17-13)20-3)19(2)11-12-7-5-6-8-12/h10,12H,4-9,11H2,1-3H3,(H,16,17,18). The number of hydrogen-bond donors (Lipinski definition) is 1. The molecule has 20 heavy (non-hydrogen) atoms. The zero-order valence-corrected chi connectivity index (χ0v) is 13.7. The summed E-state index contributed by atoms with van der Waals surface area (Å²) in [5.74, 6) is 2.81. The van der Waals surface area contributed by atoms with Crippen LogP contribution in [0.15, 0.2) is 11.2 Å². The molecule has 1 aliphatic rings. The maximum atomic E-state index is 4.64. The first-order valence-electron chi connectivity index (χ1n) is 7.61. The number of nitrogens with zero attached hydrogens (tertiary/aromatic N) is 3. The molecule has 4 nitrogen and oxygen atoms in total. The molecule has 0 radical (unpaired) electrons. The Morgan fingerprint density at radius 2 is 2.10 bits per heavy atom. The summed E-state index contributed by atoms with van der Waals surface area (Å²) in [5.41, 5.74) is 0. The van der Waals surface area contributed by atoms with Gasteiger partial charge in [-0.3, -0.25) is 0 Å². The lowest BCUT2D eigenvalue weighted by molar-refractivity contribution is 0.544. The van der Waals surface area contributed by atoms with E-state index in [1.807, 2.05) is 6.26 Å². The van der Waals surface area contributed by atoms with E-state index < -0.39 is 0 Å². The van der Waals surface area contributed by atoms with E-state index in [2.05, 4.69) is 40.2 Å². The molecule has 1 aromatic rings. The first-order chi connectivity index (χ1) is 9.72. The van der Waals surface area contributed by atoms with Gasteiger partial charge < -0.3 is 10.2 Å². The van der Waals surface area contributed by atoms with Crippen LogP contribution in [0.25, 0.3) is 0 Å². The molecule has 1 aliphatic carbocycles. The van der Waals surface area contributed by atoms with Crippen LogP contribution in [0, 0.1) is 5.92 Å². The lowest BCUT2D eigenvalue weighted by Gasteiger charge is -2.22. The highest BCUT2D eigenvalue weighted by Crippen LogP contribution is 2.27. The Bertz CT molecular complexity index is 418. The van der Waals surface area contributed by atoms with Crippen molar-refractivity contribution in [3.8, 4) is 0 Å².